The van der Waals surface area contributed by atoms with Gasteiger partial charge in [0.1, 0.15) is 5.82 Å². The molecule has 0 amide bonds. The highest BCUT2D eigenvalue weighted by molar-refractivity contribution is 5.56. The van der Waals surface area contributed by atoms with Crippen LogP contribution in [0.1, 0.15) is 11.1 Å². The molecule has 0 atom stereocenters. The Kier molecular flexibility index (Phi) is 4.13. The van der Waals surface area contributed by atoms with Crippen molar-refractivity contribution in [3.8, 4) is 0 Å². The summed E-state index contributed by atoms with van der Waals surface area (Å²) in [4.78, 5) is 10.2. The van der Waals surface area contributed by atoms with Crippen LogP contribution in [0.5, 0.6) is 0 Å². The number of nitro groups is 1. The van der Waals surface area contributed by atoms with Crippen molar-refractivity contribution >= 4 is 11.8 Å². The number of nitro benzene ring substituents is 1. The van der Waals surface area contributed by atoms with E-state index in [1.807, 2.05) is 0 Å². The first-order valence-electron chi connectivity index (χ1n) is 4.82. The summed E-state index contributed by atoms with van der Waals surface area (Å²) in [7, 11) is 1.76. The van der Waals surface area contributed by atoms with Gasteiger partial charge in [-0.2, -0.15) is 0 Å². The van der Waals surface area contributed by atoms with Crippen LogP contribution in [0.25, 0.3) is 6.08 Å². The number of hydrogen-bond donors (Lipinski definition) is 1. The van der Waals surface area contributed by atoms with Crippen LogP contribution < -0.4 is 5.32 Å². The van der Waals surface area contributed by atoms with Crippen LogP contribution in [-0.4, -0.2) is 18.5 Å². The van der Waals surface area contributed by atoms with E-state index >= 15 is 0 Å². The SMILES string of the molecule is CNCC=Cc1cc([N+](=O)[O-])c(C)cc1F. The number of rotatable bonds is 4. The monoisotopic (exact) mass is 224 g/mol. The Bertz CT molecular complexity index is 430. The summed E-state index contributed by atoms with van der Waals surface area (Å²) in [6.45, 7) is 2.10. The topological polar surface area (TPSA) is 55.2 Å². The van der Waals surface area contributed by atoms with Crippen molar-refractivity contribution in [3.63, 3.8) is 0 Å². The van der Waals surface area contributed by atoms with Gasteiger partial charge in [-0.3, -0.25) is 10.1 Å². The van der Waals surface area contributed by atoms with Crippen LogP contribution in [0, 0.1) is 22.9 Å². The van der Waals surface area contributed by atoms with Crippen LogP contribution in [0.3, 0.4) is 0 Å². The molecular weight excluding hydrogens is 211 g/mol. The minimum Gasteiger partial charge on any atom is -0.316 e. The minimum atomic E-state index is -0.510. The predicted molar refractivity (Wildman–Crippen MR) is 60.8 cm³/mol. The Balaban J connectivity index is 3.09. The summed E-state index contributed by atoms with van der Waals surface area (Å²) in [6, 6.07) is 2.42. The number of hydrogen-bond acceptors (Lipinski definition) is 3. The van der Waals surface area contributed by atoms with Crippen molar-refractivity contribution in [2.75, 3.05) is 13.6 Å². The van der Waals surface area contributed by atoms with Crippen molar-refractivity contribution in [1.82, 2.24) is 5.32 Å². The molecular formula is C11H13FN2O2. The molecule has 5 heteroatoms. The van der Waals surface area contributed by atoms with Crippen molar-refractivity contribution < 1.29 is 9.31 Å². The molecule has 0 fully saturated rings. The third kappa shape index (κ3) is 2.87. The van der Waals surface area contributed by atoms with Crippen LogP contribution in [-0.2, 0) is 0 Å². The van der Waals surface area contributed by atoms with E-state index in [0.29, 0.717) is 12.1 Å². The van der Waals surface area contributed by atoms with Gasteiger partial charge in [0, 0.05) is 23.7 Å². The molecule has 4 nitrogen and oxygen atoms in total. The van der Waals surface area contributed by atoms with Crippen molar-refractivity contribution in [2.24, 2.45) is 0 Å². The van der Waals surface area contributed by atoms with Crippen LogP contribution in [0.2, 0.25) is 0 Å². The fourth-order valence-electron chi connectivity index (χ4n) is 1.31. The molecule has 1 aromatic carbocycles. The minimum absolute atomic E-state index is 0.0643. The first-order valence-corrected chi connectivity index (χ1v) is 4.82. The number of likely N-dealkylation sites (N-methyl/N-ethyl adjacent to an activating group) is 1. The van der Waals surface area contributed by atoms with Gasteiger partial charge in [0.25, 0.3) is 5.69 Å². The normalized spacial score (nSPS) is 10.9. The van der Waals surface area contributed by atoms with Crippen LogP contribution in [0.4, 0.5) is 10.1 Å². The second kappa shape index (κ2) is 5.37. The number of nitrogens with zero attached hydrogens (tertiary/aromatic N) is 1. The molecule has 0 aliphatic heterocycles. The molecule has 0 unspecified atom stereocenters. The van der Waals surface area contributed by atoms with E-state index in [4.69, 9.17) is 0 Å². The summed E-state index contributed by atoms with van der Waals surface area (Å²) < 4.78 is 13.4. The number of aryl methyl sites for hydroxylation is 1. The first kappa shape index (κ1) is 12.3. The first-order chi connectivity index (χ1) is 7.56. The lowest BCUT2D eigenvalue weighted by molar-refractivity contribution is -0.385. The van der Waals surface area contributed by atoms with E-state index in [9.17, 15) is 14.5 Å². The predicted octanol–water partition coefficient (Wildman–Crippen LogP) is 2.27. The Hall–Kier alpha value is -1.75. The zero-order valence-corrected chi connectivity index (χ0v) is 9.16. The second-order valence-corrected chi connectivity index (χ2v) is 3.38. The molecule has 86 valence electrons. The standard InChI is InChI=1S/C11H13FN2O2/c1-8-6-10(12)9(4-3-5-13-2)7-11(8)14(15)16/h3-4,6-7,13H,5H2,1-2H3. The van der Waals surface area contributed by atoms with E-state index in [1.54, 1.807) is 13.1 Å². The van der Waals surface area contributed by atoms with Gasteiger partial charge in [-0.1, -0.05) is 12.2 Å². The molecule has 0 radical (unpaired) electrons. The molecule has 1 N–H and O–H groups in total. The maximum Gasteiger partial charge on any atom is 0.273 e. The average Bonchev–Trinajstić information content (AvgIpc) is 2.21. The molecule has 1 aromatic rings. The van der Waals surface area contributed by atoms with Crippen molar-refractivity contribution in [3.05, 3.63) is 45.3 Å². The number of benzene rings is 1. The van der Waals surface area contributed by atoms with Gasteiger partial charge in [-0.05, 0) is 20.0 Å². The van der Waals surface area contributed by atoms with E-state index < -0.39 is 10.7 Å². The van der Waals surface area contributed by atoms with Gasteiger partial charge >= 0.3 is 0 Å². The highest BCUT2D eigenvalue weighted by atomic mass is 19.1. The molecule has 16 heavy (non-hydrogen) atoms. The van der Waals surface area contributed by atoms with Crippen molar-refractivity contribution in [1.29, 1.82) is 0 Å². The molecule has 0 aromatic heterocycles. The molecule has 0 saturated carbocycles. The Morgan fingerprint density at radius 3 is 2.81 bits per heavy atom. The summed E-state index contributed by atoms with van der Waals surface area (Å²) >= 11 is 0. The largest absolute Gasteiger partial charge is 0.316 e. The van der Waals surface area contributed by atoms with Crippen LogP contribution in [0.15, 0.2) is 18.2 Å². The van der Waals surface area contributed by atoms with Crippen LogP contribution >= 0.6 is 0 Å². The number of nitrogens with one attached hydrogen (secondary N) is 1. The number of halogens is 1. The van der Waals surface area contributed by atoms with Gasteiger partial charge < -0.3 is 5.32 Å². The van der Waals surface area contributed by atoms with Gasteiger partial charge in [0.15, 0.2) is 0 Å². The Labute approximate surface area is 92.9 Å². The fraction of sp³-hybridized carbons (Fsp3) is 0.273. The van der Waals surface area contributed by atoms with Gasteiger partial charge in [-0.15, -0.1) is 0 Å². The third-order valence-electron chi connectivity index (χ3n) is 2.13. The van der Waals surface area contributed by atoms with Gasteiger partial charge in [-0.25, -0.2) is 4.39 Å². The molecule has 0 spiro atoms. The van der Waals surface area contributed by atoms with Crippen molar-refractivity contribution in [2.45, 2.75) is 6.92 Å². The average molecular weight is 224 g/mol. The molecule has 0 aliphatic rings. The van der Waals surface area contributed by atoms with E-state index in [-0.39, 0.29) is 11.3 Å². The lowest BCUT2D eigenvalue weighted by Gasteiger charge is -2.01. The summed E-state index contributed by atoms with van der Waals surface area (Å²) in [5, 5.41) is 13.5. The van der Waals surface area contributed by atoms with E-state index in [0.717, 1.165) is 0 Å². The molecule has 1 rings (SSSR count). The third-order valence-corrected chi connectivity index (χ3v) is 2.13. The quantitative estimate of drug-likeness (QED) is 0.630. The van der Waals surface area contributed by atoms with E-state index in [1.165, 1.54) is 25.1 Å². The Morgan fingerprint density at radius 2 is 2.25 bits per heavy atom. The summed E-state index contributed by atoms with van der Waals surface area (Å²) in [6.07, 6.45) is 3.23. The Morgan fingerprint density at radius 1 is 1.56 bits per heavy atom. The maximum absolute atomic E-state index is 13.4. The summed E-state index contributed by atoms with van der Waals surface area (Å²) in [5.41, 5.74) is 0.492. The lowest BCUT2D eigenvalue weighted by atomic mass is 10.1. The molecule has 0 aliphatic carbocycles. The van der Waals surface area contributed by atoms with Gasteiger partial charge in [0.2, 0.25) is 0 Å². The molecule has 0 saturated heterocycles. The lowest BCUT2D eigenvalue weighted by Crippen LogP contribution is -2.03. The molecule has 0 heterocycles. The smallest absolute Gasteiger partial charge is 0.273 e. The second-order valence-electron chi connectivity index (χ2n) is 3.38. The van der Waals surface area contributed by atoms with E-state index in [2.05, 4.69) is 5.32 Å². The fourth-order valence-corrected chi connectivity index (χ4v) is 1.31. The zero-order valence-electron chi connectivity index (χ0n) is 9.16. The highest BCUT2D eigenvalue weighted by Crippen LogP contribution is 2.22. The summed E-state index contributed by atoms with van der Waals surface area (Å²) in [5.74, 6) is -0.449. The molecule has 0 bridgehead atoms. The maximum atomic E-state index is 13.4. The van der Waals surface area contributed by atoms with Gasteiger partial charge in [0.05, 0.1) is 4.92 Å². The highest BCUT2D eigenvalue weighted by Gasteiger charge is 2.13. The zero-order chi connectivity index (χ0) is 12.1.